The molecule has 0 aromatic heterocycles. The molecule has 1 aromatic carbocycles. The largest absolute Gasteiger partial charge is 0.224 e. The van der Waals surface area contributed by atoms with Gasteiger partial charge in [-0.25, -0.2) is 4.39 Å². The van der Waals surface area contributed by atoms with Crippen molar-refractivity contribution in [2.45, 2.75) is 6.30 Å². The average Bonchev–Trinajstić information content (AvgIpc) is 2.07. The molecule has 1 rings (SSSR count). The van der Waals surface area contributed by atoms with Crippen molar-refractivity contribution in [3.63, 3.8) is 0 Å². The van der Waals surface area contributed by atoms with Crippen LogP contribution in [0.25, 0.3) is 0 Å². The maximum atomic E-state index is 12.8. The van der Waals surface area contributed by atoms with Crippen LogP contribution in [0.5, 0.6) is 0 Å². The summed E-state index contributed by atoms with van der Waals surface area (Å²) in [7, 11) is 0. The second-order valence-corrected chi connectivity index (χ2v) is 2.15. The maximum Gasteiger partial charge on any atom is 0.224 e. The fraction of sp³-hybridized carbons (Fsp3) is 0.125. The van der Waals surface area contributed by atoms with Gasteiger partial charge in [-0.05, 0) is 12.2 Å². The van der Waals surface area contributed by atoms with Crippen molar-refractivity contribution >= 4 is 17.4 Å². The van der Waals surface area contributed by atoms with Crippen LogP contribution in [0.4, 0.5) is 4.39 Å². The van der Waals surface area contributed by atoms with E-state index in [0.29, 0.717) is 5.56 Å². The van der Waals surface area contributed by atoms with E-state index in [1.165, 1.54) is 0 Å². The molecule has 0 saturated heterocycles. The van der Waals surface area contributed by atoms with E-state index in [9.17, 15) is 4.39 Å². The molecule has 11 heavy (non-hydrogen) atoms. The summed E-state index contributed by atoms with van der Waals surface area (Å²) in [6.07, 6.45) is -1.37. The molecule has 1 atom stereocenters. The molecule has 0 bridgehead atoms. The Morgan fingerprint density at radius 3 is 2.55 bits per heavy atom. The zero-order chi connectivity index (χ0) is 8.10. The van der Waals surface area contributed by atoms with Gasteiger partial charge in [0.2, 0.25) is 6.30 Å². The molecular weight excluding hydrogens is 161 g/mol. The summed E-state index contributed by atoms with van der Waals surface area (Å²) >= 11 is 4.27. The summed E-state index contributed by atoms with van der Waals surface area (Å²) in [4.78, 5) is 3.29. The van der Waals surface area contributed by atoms with Gasteiger partial charge in [0.1, 0.15) is 0 Å². The highest BCUT2D eigenvalue weighted by Gasteiger charge is 2.03. The van der Waals surface area contributed by atoms with Gasteiger partial charge in [-0.1, -0.05) is 30.3 Å². The van der Waals surface area contributed by atoms with E-state index >= 15 is 0 Å². The lowest BCUT2D eigenvalue weighted by Crippen LogP contribution is -1.84. The van der Waals surface area contributed by atoms with Crippen molar-refractivity contribution in [3.05, 3.63) is 35.9 Å². The van der Waals surface area contributed by atoms with Crippen LogP contribution < -0.4 is 0 Å². The Labute approximate surface area is 69.6 Å². The fourth-order valence-electron chi connectivity index (χ4n) is 0.733. The first-order valence-corrected chi connectivity index (χ1v) is 3.51. The van der Waals surface area contributed by atoms with Gasteiger partial charge in [0.15, 0.2) is 0 Å². The quantitative estimate of drug-likeness (QED) is 0.375. The predicted octanol–water partition coefficient (Wildman–Crippen LogP) is 2.76. The van der Waals surface area contributed by atoms with E-state index < -0.39 is 6.30 Å². The molecule has 0 fully saturated rings. The second-order valence-electron chi connectivity index (χ2n) is 1.97. The van der Waals surface area contributed by atoms with E-state index in [4.69, 9.17) is 0 Å². The third kappa shape index (κ3) is 2.22. The molecule has 3 heteroatoms. The molecule has 0 radical (unpaired) electrons. The monoisotopic (exact) mass is 167 g/mol. The minimum Gasteiger partial charge on any atom is -0.216 e. The first kappa shape index (κ1) is 8.05. The summed E-state index contributed by atoms with van der Waals surface area (Å²) in [5, 5.41) is 2.00. The normalized spacial score (nSPS) is 11.7. The Balaban J connectivity index is 2.84. The molecule has 0 saturated carbocycles. The summed E-state index contributed by atoms with van der Waals surface area (Å²) < 4.78 is 12.8. The van der Waals surface area contributed by atoms with E-state index in [1.807, 2.05) is 11.2 Å². The zero-order valence-electron chi connectivity index (χ0n) is 5.70. The molecule has 0 N–H and O–H groups in total. The molecule has 0 heterocycles. The molecule has 0 aliphatic carbocycles. The minimum atomic E-state index is -1.37. The highest BCUT2D eigenvalue weighted by molar-refractivity contribution is 7.78. The molecule has 1 aromatic rings. The van der Waals surface area contributed by atoms with Crippen LogP contribution in [-0.2, 0) is 0 Å². The van der Waals surface area contributed by atoms with Crippen LogP contribution in [0.2, 0.25) is 0 Å². The number of hydrogen-bond donors (Lipinski definition) is 0. The van der Waals surface area contributed by atoms with Crippen LogP contribution in [-0.4, -0.2) is 5.16 Å². The van der Waals surface area contributed by atoms with Gasteiger partial charge in [0.05, 0.1) is 5.16 Å². The van der Waals surface area contributed by atoms with Crippen LogP contribution in [0, 0.1) is 0 Å². The molecule has 0 amide bonds. The number of rotatable bonds is 2. The average molecular weight is 167 g/mol. The number of benzene rings is 1. The summed E-state index contributed by atoms with van der Waals surface area (Å²) in [5.74, 6) is 0. The van der Waals surface area contributed by atoms with Gasteiger partial charge in [0, 0.05) is 5.56 Å². The van der Waals surface area contributed by atoms with Crippen LogP contribution >= 0.6 is 12.2 Å². The van der Waals surface area contributed by atoms with Crippen LogP contribution in [0.3, 0.4) is 0 Å². The van der Waals surface area contributed by atoms with E-state index in [1.54, 1.807) is 24.3 Å². The summed E-state index contributed by atoms with van der Waals surface area (Å²) in [6, 6.07) is 8.63. The minimum absolute atomic E-state index is 0.504. The van der Waals surface area contributed by atoms with Crippen molar-refractivity contribution in [1.29, 1.82) is 0 Å². The van der Waals surface area contributed by atoms with Gasteiger partial charge < -0.3 is 0 Å². The van der Waals surface area contributed by atoms with Gasteiger partial charge >= 0.3 is 0 Å². The first-order valence-electron chi connectivity index (χ1n) is 3.10. The van der Waals surface area contributed by atoms with Crippen molar-refractivity contribution in [1.82, 2.24) is 0 Å². The Kier molecular flexibility index (Phi) is 2.90. The van der Waals surface area contributed by atoms with Crippen molar-refractivity contribution in [2.24, 2.45) is 4.99 Å². The number of nitrogens with zero attached hydrogens (tertiary/aromatic N) is 1. The van der Waals surface area contributed by atoms with Crippen molar-refractivity contribution in [2.75, 3.05) is 0 Å². The molecule has 1 nitrogen and oxygen atoms in total. The summed E-state index contributed by atoms with van der Waals surface area (Å²) in [6.45, 7) is 0. The van der Waals surface area contributed by atoms with Crippen LogP contribution in [0.1, 0.15) is 11.9 Å². The highest BCUT2D eigenvalue weighted by Crippen LogP contribution is 2.16. The smallest absolute Gasteiger partial charge is 0.216 e. The number of isothiocyanates is 1. The molecule has 1 unspecified atom stereocenters. The topological polar surface area (TPSA) is 12.4 Å². The lowest BCUT2D eigenvalue weighted by Gasteiger charge is -1.98. The Hall–Kier alpha value is -1.05. The van der Waals surface area contributed by atoms with E-state index in [0.717, 1.165) is 0 Å². The van der Waals surface area contributed by atoms with Gasteiger partial charge in [-0.3, -0.25) is 0 Å². The number of thiocarbonyl (C=S) groups is 1. The van der Waals surface area contributed by atoms with E-state index in [2.05, 4.69) is 17.2 Å². The Bertz CT molecular complexity index is 267. The van der Waals surface area contributed by atoms with Gasteiger partial charge in [-0.15, -0.1) is 0 Å². The number of alkyl halides is 1. The second kappa shape index (κ2) is 3.96. The third-order valence-electron chi connectivity index (χ3n) is 1.24. The van der Waals surface area contributed by atoms with Crippen LogP contribution in [0.15, 0.2) is 35.3 Å². The van der Waals surface area contributed by atoms with E-state index in [-0.39, 0.29) is 0 Å². The standard InChI is InChI=1S/C8H6FNS/c9-8(10-6-11)7-4-2-1-3-5-7/h1-5,8H. The lowest BCUT2D eigenvalue weighted by molar-refractivity contribution is 0.360. The molecule has 56 valence electrons. The van der Waals surface area contributed by atoms with Crippen molar-refractivity contribution < 1.29 is 4.39 Å². The number of aliphatic imine (C=N–C) groups is 1. The Morgan fingerprint density at radius 2 is 2.00 bits per heavy atom. The SMILES string of the molecule is FC(N=C=S)c1ccccc1. The predicted molar refractivity (Wildman–Crippen MR) is 45.3 cm³/mol. The zero-order valence-corrected chi connectivity index (χ0v) is 6.51. The molecule has 0 aliphatic heterocycles. The fourth-order valence-corrected chi connectivity index (χ4v) is 0.825. The molecule has 0 spiro atoms. The lowest BCUT2D eigenvalue weighted by atomic mass is 10.2. The van der Waals surface area contributed by atoms with Gasteiger partial charge in [-0.2, -0.15) is 4.99 Å². The molecular formula is C8H6FNS. The number of halogens is 1. The molecule has 0 aliphatic rings. The van der Waals surface area contributed by atoms with Crippen molar-refractivity contribution in [3.8, 4) is 0 Å². The third-order valence-corrected chi connectivity index (χ3v) is 1.35. The van der Waals surface area contributed by atoms with Gasteiger partial charge in [0.25, 0.3) is 0 Å². The Morgan fingerprint density at radius 1 is 1.36 bits per heavy atom. The first-order chi connectivity index (χ1) is 5.34. The summed E-state index contributed by atoms with van der Waals surface area (Å²) in [5.41, 5.74) is 0.504. The number of hydrogen-bond acceptors (Lipinski definition) is 2. The maximum absolute atomic E-state index is 12.8. The highest BCUT2D eigenvalue weighted by atomic mass is 32.1.